The second-order valence-corrected chi connectivity index (χ2v) is 6.70. The lowest BCUT2D eigenvalue weighted by Gasteiger charge is -2.36. The Morgan fingerprint density at radius 2 is 1.76 bits per heavy atom. The van der Waals surface area contributed by atoms with Crippen LogP contribution in [0, 0.1) is 13.8 Å². The highest BCUT2D eigenvalue weighted by Gasteiger charge is 2.20. The van der Waals surface area contributed by atoms with Crippen molar-refractivity contribution in [2.24, 2.45) is 0 Å². The summed E-state index contributed by atoms with van der Waals surface area (Å²) in [5, 5.41) is 3.37. The van der Waals surface area contributed by atoms with E-state index in [4.69, 9.17) is 0 Å². The minimum Gasteiger partial charge on any atom is -0.384 e. The highest BCUT2D eigenvalue weighted by atomic mass is 16.2. The molecule has 25 heavy (non-hydrogen) atoms. The summed E-state index contributed by atoms with van der Waals surface area (Å²) in [6.45, 7) is 8.29. The minimum atomic E-state index is 0.241. The number of benzene rings is 2. The molecule has 4 nitrogen and oxygen atoms in total. The lowest BCUT2D eigenvalue weighted by atomic mass is 10.2. The first-order valence-corrected chi connectivity index (χ1v) is 9.02. The predicted octanol–water partition coefficient (Wildman–Crippen LogP) is 3.45. The molecule has 0 atom stereocenters. The van der Waals surface area contributed by atoms with Crippen molar-refractivity contribution >= 4 is 17.3 Å². The Morgan fingerprint density at radius 3 is 2.48 bits per heavy atom. The molecule has 0 bridgehead atoms. The van der Waals surface area contributed by atoms with Gasteiger partial charge in [0.15, 0.2) is 0 Å². The molecule has 1 N–H and O–H groups in total. The topological polar surface area (TPSA) is 35.6 Å². The van der Waals surface area contributed by atoms with Crippen LogP contribution < -0.4 is 10.2 Å². The van der Waals surface area contributed by atoms with Crippen LogP contribution in [0.25, 0.3) is 0 Å². The van der Waals surface area contributed by atoms with E-state index in [9.17, 15) is 4.79 Å². The third kappa shape index (κ3) is 4.53. The molecule has 1 heterocycles. The molecule has 0 saturated carbocycles. The van der Waals surface area contributed by atoms with E-state index in [1.165, 1.54) is 16.8 Å². The molecule has 1 amide bonds. The zero-order valence-electron chi connectivity index (χ0n) is 15.2. The number of carbonyl (C=O) groups excluding carboxylic acids is 1. The predicted molar refractivity (Wildman–Crippen MR) is 104 cm³/mol. The maximum absolute atomic E-state index is 12.4. The van der Waals surface area contributed by atoms with Gasteiger partial charge in [-0.3, -0.25) is 4.79 Å². The summed E-state index contributed by atoms with van der Waals surface area (Å²) < 4.78 is 0. The summed E-state index contributed by atoms with van der Waals surface area (Å²) in [4.78, 5) is 16.8. The fourth-order valence-corrected chi connectivity index (χ4v) is 3.27. The van der Waals surface area contributed by atoms with Gasteiger partial charge in [-0.05, 0) is 43.2 Å². The van der Waals surface area contributed by atoms with Crippen molar-refractivity contribution in [1.29, 1.82) is 0 Å². The van der Waals surface area contributed by atoms with Crippen LogP contribution in [-0.2, 0) is 4.79 Å². The zero-order valence-corrected chi connectivity index (χ0v) is 15.2. The molecule has 1 aliphatic heterocycles. The lowest BCUT2D eigenvalue weighted by molar-refractivity contribution is -0.131. The fraction of sp³-hybridized carbons (Fsp3) is 0.381. The number of hydrogen-bond acceptors (Lipinski definition) is 3. The van der Waals surface area contributed by atoms with Gasteiger partial charge in [-0.1, -0.05) is 30.3 Å². The number of hydrogen-bond donors (Lipinski definition) is 1. The van der Waals surface area contributed by atoms with E-state index < -0.39 is 0 Å². The van der Waals surface area contributed by atoms with Gasteiger partial charge in [0.05, 0.1) is 0 Å². The normalized spacial score (nSPS) is 14.5. The summed E-state index contributed by atoms with van der Waals surface area (Å²) in [6.07, 6.45) is 0.540. The molecule has 1 saturated heterocycles. The monoisotopic (exact) mass is 337 g/mol. The van der Waals surface area contributed by atoms with E-state index in [2.05, 4.69) is 60.5 Å². The van der Waals surface area contributed by atoms with Gasteiger partial charge in [-0.25, -0.2) is 0 Å². The number of rotatable bonds is 5. The number of amides is 1. The first kappa shape index (κ1) is 17.3. The molecule has 0 aromatic heterocycles. The molecule has 3 rings (SSSR count). The van der Waals surface area contributed by atoms with Crippen LogP contribution in [0.4, 0.5) is 11.4 Å². The molecule has 2 aromatic carbocycles. The number of para-hydroxylation sites is 1. The van der Waals surface area contributed by atoms with Crippen molar-refractivity contribution in [3.8, 4) is 0 Å². The Balaban J connectivity index is 1.45. The first-order valence-electron chi connectivity index (χ1n) is 9.02. The number of aryl methyl sites for hydroxylation is 2. The molecule has 4 heteroatoms. The molecule has 1 aliphatic rings. The van der Waals surface area contributed by atoms with Crippen molar-refractivity contribution in [2.75, 3.05) is 42.9 Å². The third-order valence-corrected chi connectivity index (χ3v) is 4.80. The van der Waals surface area contributed by atoms with Gasteiger partial charge >= 0.3 is 0 Å². The molecule has 2 aromatic rings. The van der Waals surface area contributed by atoms with Gasteiger partial charge in [-0.15, -0.1) is 0 Å². The first-order chi connectivity index (χ1) is 12.1. The lowest BCUT2D eigenvalue weighted by Crippen LogP contribution is -2.49. The van der Waals surface area contributed by atoms with Crippen molar-refractivity contribution in [3.63, 3.8) is 0 Å². The quantitative estimate of drug-likeness (QED) is 0.908. The van der Waals surface area contributed by atoms with Gasteiger partial charge in [0.2, 0.25) is 5.91 Å². The summed E-state index contributed by atoms with van der Waals surface area (Å²) in [5.74, 6) is 0.241. The van der Waals surface area contributed by atoms with Crippen LogP contribution in [0.1, 0.15) is 17.5 Å². The Hall–Kier alpha value is -2.49. The van der Waals surface area contributed by atoms with E-state index in [0.29, 0.717) is 13.0 Å². The SMILES string of the molecule is Cc1cccc(N2CCN(C(=O)CCNc3ccccc3C)CC2)c1. The Labute approximate surface area is 150 Å². The summed E-state index contributed by atoms with van der Waals surface area (Å²) in [6, 6.07) is 16.8. The molecule has 1 fully saturated rings. The van der Waals surface area contributed by atoms with E-state index in [1.54, 1.807) is 0 Å². The Kier molecular flexibility index (Phi) is 5.59. The maximum atomic E-state index is 12.4. The van der Waals surface area contributed by atoms with Gasteiger partial charge in [0, 0.05) is 50.5 Å². The van der Waals surface area contributed by atoms with Crippen molar-refractivity contribution in [1.82, 2.24) is 4.90 Å². The number of nitrogens with zero attached hydrogens (tertiary/aromatic N) is 2. The van der Waals surface area contributed by atoms with Crippen molar-refractivity contribution < 1.29 is 4.79 Å². The molecule has 0 unspecified atom stereocenters. The number of carbonyl (C=O) groups is 1. The molecule has 0 spiro atoms. The van der Waals surface area contributed by atoms with Gasteiger partial charge in [0.1, 0.15) is 0 Å². The van der Waals surface area contributed by atoms with Crippen molar-refractivity contribution in [3.05, 3.63) is 59.7 Å². The van der Waals surface area contributed by atoms with Crippen LogP contribution in [0.2, 0.25) is 0 Å². The highest BCUT2D eigenvalue weighted by Crippen LogP contribution is 2.18. The van der Waals surface area contributed by atoms with Gasteiger partial charge in [0.25, 0.3) is 0 Å². The van der Waals surface area contributed by atoms with E-state index in [0.717, 1.165) is 31.9 Å². The smallest absolute Gasteiger partial charge is 0.224 e. The van der Waals surface area contributed by atoms with E-state index in [-0.39, 0.29) is 5.91 Å². The molecule has 0 aliphatic carbocycles. The fourth-order valence-electron chi connectivity index (χ4n) is 3.27. The maximum Gasteiger partial charge on any atom is 0.224 e. The Morgan fingerprint density at radius 1 is 1.00 bits per heavy atom. The number of anilines is 2. The summed E-state index contributed by atoms with van der Waals surface area (Å²) in [5.41, 5.74) is 4.85. The summed E-state index contributed by atoms with van der Waals surface area (Å²) >= 11 is 0. The third-order valence-electron chi connectivity index (χ3n) is 4.80. The summed E-state index contributed by atoms with van der Waals surface area (Å²) in [7, 11) is 0. The molecule has 0 radical (unpaired) electrons. The van der Waals surface area contributed by atoms with Crippen LogP contribution in [-0.4, -0.2) is 43.5 Å². The van der Waals surface area contributed by atoms with Crippen LogP contribution in [0.5, 0.6) is 0 Å². The largest absolute Gasteiger partial charge is 0.384 e. The Bertz CT molecular complexity index is 721. The zero-order chi connectivity index (χ0) is 17.6. The van der Waals surface area contributed by atoms with Gasteiger partial charge < -0.3 is 15.1 Å². The molecular formula is C21H27N3O. The average Bonchev–Trinajstić information content (AvgIpc) is 2.63. The van der Waals surface area contributed by atoms with E-state index >= 15 is 0 Å². The molecular weight excluding hydrogens is 310 g/mol. The standard InChI is InChI=1S/C21H27N3O/c1-17-6-5-8-19(16-17)23-12-14-24(15-13-23)21(25)10-11-22-20-9-4-3-7-18(20)2/h3-9,16,22H,10-15H2,1-2H3. The van der Waals surface area contributed by atoms with Crippen LogP contribution in [0.3, 0.4) is 0 Å². The minimum absolute atomic E-state index is 0.241. The van der Waals surface area contributed by atoms with Crippen LogP contribution >= 0.6 is 0 Å². The molecule has 132 valence electrons. The number of nitrogens with one attached hydrogen (secondary N) is 1. The van der Waals surface area contributed by atoms with Crippen molar-refractivity contribution in [2.45, 2.75) is 20.3 Å². The van der Waals surface area contributed by atoms with Crippen LogP contribution in [0.15, 0.2) is 48.5 Å². The van der Waals surface area contributed by atoms with E-state index in [1.807, 2.05) is 17.0 Å². The average molecular weight is 337 g/mol. The van der Waals surface area contributed by atoms with Gasteiger partial charge in [-0.2, -0.15) is 0 Å². The highest BCUT2D eigenvalue weighted by molar-refractivity contribution is 5.77. The number of piperazine rings is 1. The second-order valence-electron chi connectivity index (χ2n) is 6.70. The second kappa shape index (κ2) is 8.06.